The molecular formula is C18H29N3O. The Morgan fingerprint density at radius 3 is 2.55 bits per heavy atom. The van der Waals surface area contributed by atoms with Gasteiger partial charge < -0.3 is 10.6 Å². The van der Waals surface area contributed by atoms with Crippen molar-refractivity contribution in [1.82, 2.24) is 9.80 Å². The average molecular weight is 303 g/mol. The van der Waals surface area contributed by atoms with Crippen molar-refractivity contribution in [3.05, 3.63) is 35.9 Å². The summed E-state index contributed by atoms with van der Waals surface area (Å²) >= 11 is 0. The summed E-state index contributed by atoms with van der Waals surface area (Å²) in [6.07, 6.45) is 1.00. The lowest BCUT2D eigenvalue weighted by Crippen LogP contribution is -2.47. The molecule has 1 aliphatic rings. The van der Waals surface area contributed by atoms with Crippen molar-refractivity contribution in [3.8, 4) is 0 Å². The Morgan fingerprint density at radius 2 is 1.91 bits per heavy atom. The van der Waals surface area contributed by atoms with E-state index in [2.05, 4.69) is 36.1 Å². The maximum Gasteiger partial charge on any atom is 0.239 e. The molecule has 0 radical (unpaired) electrons. The van der Waals surface area contributed by atoms with E-state index in [0.717, 1.165) is 32.6 Å². The normalized spacial score (nSPS) is 21.7. The molecule has 0 bridgehead atoms. The lowest BCUT2D eigenvalue weighted by atomic mass is 10.0. The quantitative estimate of drug-likeness (QED) is 0.926. The van der Waals surface area contributed by atoms with E-state index in [1.54, 1.807) is 0 Å². The number of nitrogens with zero attached hydrogens (tertiary/aromatic N) is 2. The fraction of sp³-hybridized carbons (Fsp3) is 0.611. The fourth-order valence-corrected chi connectivity index (χ4v) is 2.88. The van der Waals surface area contributed by atoms with Crippen molar-refractivity contribution in [1.29, 1.82) is 0 Å². The highest BCUT2D eigenvalue weighted by Crippen LogP contribution is 2.16. The molecule has 0 aliphatic carbocycles. The van der Waals surface area contributed by atoms with Crippen molar-refractivity contribution in [2.45, 2.75) is 45.8 Å². The monoisotopic (exact) mass is 303 g/mol. The Balaban J connectivity index is 1.97. The van der Waals surface area contributed by atoms with Crippen LogP contribution in [0.15, 0.2) is 30.3 Å². The number of amides is 1. The van der Waals surface area contributed by atoms with E-state index in [4.69, 9.17) is 5.73 Å². The first kappa shape index (κ1) is 17.0. The van der Waals surface area contributed by atoms with Gasteiger partial charge in [-0.1, -0.05) is 44.2 Å². The number of rotatable bonds is 4. The highest BCUT2D eigenvalue weighted by atomic mass is 16.2. The summed E-state index contributed by atoms with van der Waals surface area (Å²) in [6, 6.07) is 10.6. The van der Waals surface area contributed by atoms with Crippen LogP contribution >= 0.6 is 0 Å². The Kier molecular flexibility index (Phi) is 5.98. The summed E-state index contributed by atoms with van der Waals surface area (Å²) in [5.74, 6) is 0.289. The molecule has 4 nitrogen and oxygen atoms in total. The van der Waals surface area contributed by atoms with Gasteiger partial charge in [-0.15, -0.1) is 0 Å². The minimum atomic E-state index is -0.379. The number of hydrogen-bond acceptors (Lipinski definition) is 3. The van der Waals surface area contributed by atoms with Gasteiger partial charge in [0, 0.05) is 32.2 Å². The third kappa shape index (κ3) is 4.31. The van der Waals surface area contributed by atoms with E-state index in [9.17, 15) is 4.79 Å². The first-order valence-corrected chi connectivity index (χ1v) is 8.31. The summed E-state index contributed by atoms with van der Waals surface area (Å²) in [6.45, 7) is 9.70. The summed E-state index contributed by atoms with van der Waals surface area (Å²) in [4.78, 5) is 16.9. The van der Waals surface area contributed by atoms with E-state index in [1.165, 1.54) is 5.56 Å². The molecule has 1 aromatic rings. The smallest absolute Gasteiger partial charge is 0.239 e. The van der Waals surface area contributed by atoms with Crippen LogP contribution in [0, 0.1) is 5.92 Å². The van der Waals surface area contributed by atoms with Gasteiger partial charge in [0.1, 0.15) is 0 Å². The number of nitrogens with two attached hydrogens (primary N) is 1. The molecule has 0 spiro atoms. The summed E-state index contributed by atoms with van der Waals surface area (Å²) in [7, 11) is 0. The average Bonchev–Trinajstić information content (AvgIpc) is 2.69. The third-order valence-corrected chi connectivity index (χ3v) is 4.64. The lowest BCUT2D eigenvalue weighted by molar-refractivity contribution is -0.133. The van der Waals surface area contributed by atoms with Crippen LogP contribution in [-0.4, -0.2) is 47.4 Å². The van der Waals surface area contributed by atoms with Gasteiger partial charge in [-0.2, -0.15) is 0 Å². The highest BCUT2D eigenvalue weighted by Gasteiger charge is 2.27. The number of carbonyl (C=O) groups is 1. The van der Waals surface area contributed by atoms with Crippen LogP contribution in [0.2, 0.25) is 0 Å². The van der Waals surface area contributed by atoms with Gasteiger partial charge in [0.15, 0.2) is 0 Å². The van der Waals surface area contributed by atoms with Crippen LogP contribution < -0.4 is 5.73 Å². The third-order valence-electron chi connectivity index (χ3n) is 4.64. The topological polar surface area (TPSA) is 49.6 Å². The molecule has 2 atom stereocenters. The van der Waals surface area contributed by atoms with Crippen LogP contribution in [0.4, 0.5) is 0 Å². The molecule has 1 aromatic carbocycles. The molecule has 1 aliphatic heterocycles. The van der Waals surface area contributed by atoms with Gasteiger partial charge in [0.25, 0.3) is 0 Å². The van der Waals surface area contributed by atoms with Crippen molar-refractivity contribution in [2.24, 2.45) is 11.7 Å². The van der Waals surface area contributed by atoms with Crippen molar-refractivity contribution >= 4 is 5.91 Å². The molecule has 1 saturated heterocycles. The van der Waals surface area contributed by atoms with Gasteiger partial charge in [-0.05, 0) is 24.8 Å². The zero-order valence-corrected chi connectivity index (χ0v) is 14.0. The molecule has 2 N–H and O–H groups in total. The second-order valence-corrected chi connectivity index (χ2v) is 6.69. The molecule has 1 unspecified atom stereocenters. The Bertz CT molecular complexity index is 474. The second kappa shape index (κ2) is 7.75. The molecule has 1 fully saturated rings. The van der Waals surface area contributed by atoms with E-state index >= 15 is 0 Å². The SMILES string of the molecule is CC(C)[C@H](N)C(=O)N1CCC(C)N(Cc2ccccc2)CC1. The molecular weight excluding hydrogens is 274 g/mol. The largest absolute Gasteiger partial charge is 0.340 e. The van der Waals surface area contributed by atoms with Gasteiger partial charge in [0.2, 0.25) is 5.91 Å². The molecule has 0 aromatic heterocycles. The molecule has 122 valence electrons. The second-order valence-electron chi connectivity index (χ2n) is 6.69. The predicted octanol–water partition coefficient (Wildman–Crippen LogP) is 2.09. The van der Waals surface area contributed by atoms with Crippen LogP contribution in [-0.2, 0) is 11.3 Å². The predicted molar refractivity (Wildman–Crippen MR) is 90.3 cm³/mol. The van der Waals surface area contributed by atoms with Crippen molar-refractivity contribution in [2.75, 3.05) is 19.6 Å². The first-order chi connectivity index (χ1) is 10.5. The maximum absolute atomic E-state index is 12.4. The van der Waals surface area contributed by atoms with E-state index in [0.29, 0.717) is 6.04 Å². The summed E-state index contributed by atoms with van der Waals surface area (Å²) in [5, 5.41) is 0. The minimum Gasteiger partial charge on any atom is -0.340 e. The zero-order valence-electron chi connectivity index (χ0n) is 14.0. The van der Waals surface area contributed by atoms with Crippen molar-refractivity contribution in [3.63, 3.8) is 0 Å². The molecule has 0 saturated carbocycles. The summed E-state index contributed by atoms with van der Waals surface area (Å²) in [5.41, 5.74) is 7.36. The van der Waals surface area contributed by atoms with E-state index in [1.807, 2.05) is 24.8 Å². The van der Waals surface area contributed by atoms with Gasteiger partial charge >= 0.3 is 0 Å². The Hall–Kier alpha value is -1.39. The lowest BCUT2D eigenvalue weighted by Gasteiger charge is -2.27. The molecule has 2 rings (SSSR count). The molecule has 1 heterocycles. The maximum atomic E-state index is 12.4. The van der Waals surface area contributed by atoms with Crippen LogP contribution in [0.5, 0.6) is 0 Å². The standard InChI is InChI=1S/C18H29N3O/c1-14(2)17(19)18(22)20-10-9-15(3)21(12-11-20)13-16-7-5-4-6-8-16/h4-8,14-15,17H,9-13,19H2,1-3H3/t15?,17-/m0/s1. The first-order valence-electron chi connectivity index (χ1n) is 8.31. The summed E-state index contributed by atoms with van der Waals surface area (Å²) < 4.78 is 0. The molecule has 4 heteroatoms. The number of hydrogen-bond donors (Lipinski definition) is 1. The Labute approximate surface area is 134 Å². The van der Waals surface area contributed by atoms with E-state index < -0.39 is 0 Å². The number of carbonyl (C=O) groups excluding carboxylic acids is 1. The van der Waals surface area contributed by atoms with Crippen LogP contribution in [0.3, 0.4) is 0 Å². The highest BCUT2D eigenvalue weighted by molar-refractivity contribution is 5.81. The molecule has 1 amide bonds. The van der Waals surface area contributed by atoms with Crippen LogP contribution in [0.25, 0.3) is 0 Å². The van der Waals surface area contributed by atoms with Crippen LogP contribution in [0.1, 0.15) is 32.8 Å². The zero-order chi connectivity index (χ0) is 16.1. The van der Waals surface area contributed by atoms with Gasteiger partial charge in [-0.25, -0.2) is 0 Å². The fourth-order valence-electron chi connectivity index (χ4n) is 2.88. The number of benzene rings is 1. The van der Waals surface area contributed by atoms with E-state index in [-0.39, 0.29) is 17.9 Å². The van der Waals surface area contributed by atoms with Gasteiger partial charge in [-0.3, -0.25) is 9.69 Å². The van der Waals surface area contributed by atoms with Crippen molar-refractivity contribution < 1.29 is 4.79 Å². The Morgan fingerprint density at radius 1 is 1.23 bits per heavy atom. The van der Waals surface area contributed by atoms with Gasteiger partial charge in [0.05, 0.1) is 6.04 Å². The minimum absolute atomic E-state index is 0.101. The molecule has 22 heavy (non-hydrogen) atoms.